The fourth-order valence-electron chi connectivity index (χ4n) is 1.61. The topological polar surface area (TPSA) is 26.3 Å². The normalized spacial score (nSPS) is 33.9. The Morgan fingerprint density at radius 2 is 2.55 bits per heavy atom. The molecule has 0 aromatic carbocycles. The summed E-state index contributed by atoms with van der Waals surface area (Å²) in [5.74, 6) is 1.37. The predicted molar refractivity (Wildman–Crippen MR) is 40.9 cm³/mol. The van der Waals surface area contributed by atoms with Gasteiger partial charge in [-0.2, -0.15) is 0 Å². The Morgan fingerprint density at radius 3 is 3.18 bits per heavy atom. The number of fused-ring (bicyclic) bond motifs is 1. The molecule has 2 aliphatic rings. The van der Waals surface area contributed by atoms with Crippen molar-refractivity contribution in [3.05, 3.63) is 23.5 Å². The Bertz CT molecular complexity index is 250. The van der Waals surface area contributed by atoms with Crippen LogP contribution in [0.5, 0.6) is 0 Å². The van der Waals surface area contributed by atoms with E-state index < -0.39 is 0 Å². The highest BCUT2D eigenvalue weighted by atomic mass is 16.5. The highest BCUT2D eigenvalue weighted by molar-refractivity contribution is 5.79. The summed E-state index contributed by atoms with van der Waals surface area (Å²) in [6.07, 6.45) is 6.06. The first kappa shape index (κ1) is 6.65. The van der Waals surface area contributed by atoms with Crippen LogP contribution in [0.15, 0.2) is 23.5 Å². The summed E-state index contributed by atoms with van der Waals surface area (Å²) in [5.41, 5.74) is 0.722. The van der Waals surface area contributed by atoms with Gasteiger partial charge in [0.15, 0.2) is 6.29 Å². The van der Waals surface area contributed by atoms with E-state index in [-0.39, 0.29) is 0 Å². The van der Waals surface area contributed by atoms with Gasteiger partial charge in [-0.3, -0.25) is 4.79 Å². The zero-order valence-corrected chi connectivity index (χ0v) is 6.41. The average molecular weight is 150 g/mol. The molecule has 0 N–H and O–H groups in total. The molecule has 0 radical (unpaired) electrons. The minimum atomic E-state index is 0.296. The lowest BCUT2D eigenvalue weighted by Gasteiger charge is -2.39. The molecule has 2 heteroatoms. The van der Waals surface area contributed by atoms with Crippen molar-refractivity contribution in [2.75, 3.05) is 0 Å². The second-order valence-electron chi connectivity index (χ2n) is 3.00. The molecule has 2 atom stereocenters. The van der Waals surface area contributed by atoms with E-state index in [1.54, 1.807) is 0 Å². The van der Waals surface area contributed by atoms with Crippen molar-refractivity contribution in [2.24, 2.45) is 5.92 Å². The van der Waals surface area contributed by atoms with Gasteiger partial charge < -0.3 is 4.74 Å². The molecule has 58 valence electrons. The molecule has 0 spiro atoms. The van der Waals surface area contributed by atoms with E-state index in [0.29, 0.717) is 12.0 Å². The van der Waals surface area contributed by atoms with E-state index >= 15 is 0 Å². The zero-order chi connectivity index (χ0) is 7.84. The second-order valence-corrected chi connectivity index (χ2v) is 3.00. The number of carbonyl (C=O) groups excluding carboxylic acids is 1. The minimum absolute atomic E-state index is 0.296. The van der Waals surface area contributed by atoms with E-state index in [1.165, 1.54) is 0 Å². The molecule has 1 unspecified atom stereocenters. The first-order valence-electron chi connectivity index (χ1n) is 3.85. The maximum absolute atomic E-state index is 10.5. The van der Waals surface area contributed by atoms with Gasteiger partial charge in [0.1, 0.15) is 11.9 Å². The summed E-state index contributed by atoms with van der Waals surface area (Å²) in [4.78, 5) is 10.5. The van der Waals surface area contributed by atoms with Crippen molar-refractivity contribution < 1.29 is 9.53 Å². The van der Waals surface area contributed by atoms with Crippen molar-refractivity contribution >= 4 is 6.29 Å². The molecule has 2 rings (SSSR count). The first-order chi connectivity index (χ1) is 5.33. The van der Waals surface area contributed by atoms with Crippen molar-refractivity contribution in [3.8, 4) is 0 Å². The van der Waals surface area contributed by atoms with Crippen molar-refractivity contribution in [1.82, 2.24) is 0 Å². The lowest BCUT2D eigenvalue weighted by atomic mass is 9.85. The van der Waals surface area contributed by atoms with Crippen LogP contribution < -0.4 is 0 Å². The first-order valence-corrected chi connectivity index (χ1v) is 3.85. The molecule has 11 heavy (non-hydrogen) atoms. The summed E-state index contributed by atoms with van der Waals surface area (Å²) in [6, 6.07) is 0. The monoisotopic (exact) mass is 150 g/mol. The molecule has 1 aliphatic heterocycles. The van der Waals surface area contributed by atoms with Gasteiger partial charge in [-0.15, -0.1) is 0 Å². The lowest BCUT2D eigenvalue weighted by Crippen LogP contribution is -2.37. The standard InChI is InChI=1S/C9H10O2/c1-6-8-4-2-3-7(5-10)9(8)11-6/h2-3,5-6,8H,4H2,1H3/t6?,8-/m1/s1. The smallest absolute Gasteiger partial charge is 0.153 e. The van der Waals surface area contributed by atoms with Gasteiger partial charge in [-0.1, -0.05) is 12.2 Å². The van der Waals surface area contributed by atoms with Gasteiger partial charge in [0.25, 0.3) is 0 Å². The van der Waals surface area contributed by atoms with Crippen LogP contribution in [0.4, 0.5) is 0 Å². The van der Waals surface area contributed by atoms with Gasteiger partial charge in [0.2, 0.25) is 0 Å². The Kier molecular flexibility index (Phi) is 1.34. The highest BCUT2D eigenvalue weighted by Gasteiger charge is 2.37. The Hall–Kier alpha value is -1.05. The van der Waals surface area contributed by atoms with E-state index in [4.69, 9.17) is 4.74 Å². The predicted octanol–water partition coefficient (Wildman–Crippen LogP) is 1.43. The van der Waals surface area contributed by atoms with E-state index in [9.17, 15) is 4.79 Å². The molecule has 1 aliphatic carbocycles. The third-order valence-corrected chi connectivity index (χ3v) is 2.32. The van der Waals surface area contributed by atoms with Crippen molar-refractivity contribution in [1.29, 1.82) is 0 Å². The molecule has 1 saturated heterocycles. The van der Waals surface area contributed by atoms with Crippen LogP contribution in [-0.2, 0) is 9.53 Å². The molecule has 0 aromatic rings. The molecule has 2 nitrogen and oxygen atoms in total. The lowest BCUT2D eigenvalue weighted by molar-refractivity contribution is -0.105. The fourth-order valence-corrected chi connectivity index (χ4v) is 1.61. The van der Waals surface area contributed by atoms with Crippen LogP contribution in [0.1, 0.15) is 13.3 Å². The molecule has 0 bridgehead atoms. The Morgan fingerprint density at radius 1 is 1.73 bits per heavy atom. The van der Waals surface area contributed by atoms with Crippen LogP contribution in [0.3, 0.4) is 0 Å². The average Bonchev–Trinajstić information content (AvgIpc) is 2.03. The Labute approximate surface area is 65.5 Å². The third-order valence-electron chi connectivity index (χ3n) is 2.32. The fraction of sp³-hybridized carbons (Fsp3) is 0.444. The molecule has 0 aromatic heterocycles. The van der Waals surface area contributed by atoms with Gasteiger partial charge in [0.05, 0.1) is 11.5 Å². The molecule has 0 amide bonds. The minimum Gasteiger partial charge on any atom is -0.493 e. The number of allylic oxidation sites excluding steroid dienone is 3. The summed E-state index contributed by atoms with van der Waals surface area (Å²) in [7, 11) is 0. The van der Waals surface area contributed by atoms with E-state index in [1.807, 2.05) is 19.1 Å². The molecule has 0 saturated carbocycles. The molecule has 1 fully saturated rings. The quantitative estimate of drug-likeness (QED) is 0.528. The molecule has 1 heterocycles. The summed E-state index contributed by atoms with van der Waals surface area (Å²) < 4.78 is 5.34. The van der Waals surface area contributed by atoms with Crippen LogP contribution >= 0.6 is 0 Å². The van der Waals surface area contributed by atoms with E-state index in [0.717, 1.165) is 24.0 Å². The van der Waals surface area contributed by atoms with Crippen molar-refractivity contribution in [3.63, 3.8) is 0 Å². The largest absolute Gasteiger partial charge is 0.493 e. The number of aldehydes is 1. The number of carbonyl (C=O) groups is 1. The second kappa shape index (κ2) is 2.22. The maximum atomic E-state index is 10.5. The maximum Gasteiger partial charge on any atom is 0.153 e. The van der Waals surface area contributed by atoms with Gasteiger partial charge >= 0.3 is 0 Å². The van der Waals surface area contributed by atoms with Crippen LogP contribution in [-0.4, -0.2) is 12.4 Å². The molecular formula is C9H10O2. The zero-order valence-electron chi connectivity index (χ0n) is 6.41. The van der Waals surface area contributed by atoms with Crippen LogP contribution in [0.2, 0.25) is 0 Å². The Balaban J connectivity index is 2.30. The number of rotatable bonds is 1. The summed E-state index contributed by atoms with van der Waals surface area (Å²) >= 11 is 0. The SMILES string of the molecule is CC1OC2=C(C=O)C=CC[C@@H]21. The van der Waals surface area contributed by atoms with Gasteiger partial charge in [-0.25, -0.2) is 0 Å². The van der Waals surface area contributed by atoms with Crippen LogP contribution in [0.25, 0.3) is 0 Å². The summed E-state index contributed by atoms with van der Waals surface area (Å²) in [6.45, 7) is 2.04. The van der Waals surface area contributed by atoms with E-state index in [2.05, 4.69) is 0 Å². The van der Waals surface area contributed by atoms with Crippen molar-refractivity contribution in [2.45, 2.75) is 19.4 Å². The third kappa shape index (κ3) is 0.821. The van der Waals surface area contributed by atoms with Crippen LogP contribution in [0, 0.1) is 5.92 Å². The highest BCUT2D eigenvalue weighted by Crippen LogP contribution is 2.39. The number of hydrogen-bond donors (Lipinski definition) is 0. The van der Waals surface area contributed by atoms with Gasteiger partial charge in [0, 0.05) is 0 Å². The summed E-state index contributed by atoms with van der Waals surface area (Å²) in [5, 5.41) is 0. The van der Waals surface area contributed by atoms with Gasteiger partial charge in [-0.05, 0) is 13.3 Å². The number of hydrogen-bond acceptors (Lipinski definition) is 2. The molecular weight excluding hydrogens is 140 g/mol. The number of ether oxygens (including phenoxy) is 1.